The van der Waals surface area contributed by atoms with E-state index in [4.69, 9.17) is 13.3 Å². The van der Waals surface area contributed by atoms with Gasteiger partial charge in [0.1, 0.15) is 0 Å². The second-order valence-electron chi connectivity index (χ2n) is 8.73. The van der Waals surface area contributed by atoms with Gasteiger partial charge in [-0.25, -0.2) is 0 Å². The fourth-order valence-electron chi connectivity index (χ4n) is 4.99. The van der Waals surface area contributed by atoms with Crippen LogP contribution >= 0.6 is 7.92 Å². The molecule has 0 aromatic heterocycles. The molecule has 0 aliphatic carbocycles. The van der Waals surface area contributed by atoms with Crippen LogP contribution < -0.4 is 10.6 Å². The molecular formula is C27H43O3PSi. The standard InChI is InChI=1S/C27H43O3PSi/c1-10-28-32(29-11-2,30-12-3)15-13-14-31(26-22(6)16-20(4)17-23(26)7)27-24(8)18-21(5)19-25(27)9/h16-19H,10-15H2,1-9H3. The minimum atomic E-state index is -2.63. The summed E-state index contributed by atoms with van der Waals surface area (Å²) < 4.78 is 18.4. The molecule has 0 spiro atoms. The second-order valence-corrected chi connectivity index (χ2v) is 13.7. The lowest BCUT2D eigenvalue weighted by Gasteiger charge is -2.30. The molecule has 3 nitrogen and oxygen atoms in total. The van der Waals surface area contributed by atoms with Gasteiger partial charge in [0.2, 0.25) is 0 Å². The Labute approximate surface area is 199 Å². The van der Waals surface area contributed by atoms with Crippen LogP contribution in [0.25, 0.3) is 0 Å². The normalized spacial score (nSPS) is 12.1. The van der Waals surface area contributed by atoms with Crippen LogP contribution in [-0.4, -0.2) is 34.8 Å². The lowest BCUT2D eigenvalue weighted by molar-refractivity contribution is 0.0712. The van der Waals surface area contributed by atoms with Gasteiger partial charge in [-0.15, -0.1) is 0 Å². The first kappa shape index (κ1) is 27.2. The Balaban J connectivity index is 2.45. The Bertz CT molecular complexity index is 776. The molecule has 0 heterocycles. The van der Waals surface area contributed by atoms with Gasteiger partial charge in [0, 0.05) is 25.9 Å². The van der Waals surface area contributed by atoms with Gasteiger partial charge in [0.15, 0.2) is 0 Å². The molecule has 0 N–H and O–H groups in total. The van der Waals surface area contributed by atoms with Gasteiger partial charge < -0.3 is 13.3 Å². The Morgan fingerprint density at radius 1 is 0.625 bits per heavy atom. The molecule has 2 aromatic carbocycles. The summed E-state index contributed by atoms with van der Waals surface area (Å²) in [5, 5.41) is 3.08. The maximum Gasteiger partial charge on any atom is 0.500 e. The smallest absolute Gasteiger partial charge is 0.374 e. The summed E-state index contributed by atoms with van der Waals surface area (Å²) in [6.45, 7) is 21.5. The summed E-state index contributed by atoms with van der Waals surface area (Å²) in [6, 6.07) is 10.2. The lowest BCUT2D eigenvalue weighted by Crippen LogP contribution is -2.46. The predicted molar refractivity (Wildman–Crippen MR) is 142 cm³/mol. The highest BCUT2D eigenvalue weighted by atomic mass is 31.1. The first-order valence-corrected chi connectivity index (χ1v) is 15.5. The molecule has 0 radical (unpaired) electrons. The van der Waals surface area contributed by atoms with E-state index in [0.717, 1.165) is 18.6 Å². The maximum atomic E-state index is 6.13. The van der Waals surface area contributed by atoms with Crippen molar-refractivity contribution in [1.82, 2.24) is 0 Å². The van der Waals surface area contributed by atoms with Crippen LogP contribution in [0.15, 0.2) is 24.3 Å². The Kier molecular flexibility index (Phi) is 10.6. The molecule has 5 heteroatoms. The summed E-state index contributed by atoms with van der Waals surface area (Å²) in [5.74, 6) is 0. The monoisotopic (exact) mass is 474 g/mol. The minimum Gasteiger partial charge on any atom is -0.374 e. The highest BCUT2D eigenvalue weighted by Crippen LogP contribution is 2.41. The molecule has 0 fully saturated rings. The van der Waals surface area contributed by atoms with E-state index >= 15 is 0 Å². The van der Waals surface area contributed by atoms with Crippen molar-refractivity contribution < 1.29 is 13.3 Å². The van der Waals surface area contributed by atoms with E-state index in [2.05, 4.69) is 65.8 Å². The maximum absolute atomic E-state index is 6.13. The second kappa shape index (κ2) is 12.4. The Morgan fingerprint density at radius 3 is 1.28 bits per heavy atom. The highest BCUT2D eigenvalue weighted by Gasteiger charge is 2.40. The van der Waals surface area contributed by atoms with Crippen LogP contribution in [-0.2, 0) is 13.3 Å². The third kappa shape index (κ3) is 6.74. The van der Waals surface area contributed by atoms with Gasteiger partial charge in [0.05, 0.1) is 0 Å². The molecule has 0 amide bonds. The van der Waals surface area contributed by atoms with Crippen LogP contribution in [0.4, 0.5) is 0 Å². The quantitative estimate of drug-likeness (QED) is 0.263. The number of rotatable bonds is 12. The summed E-state index contributed by atoms with van der Waals surface area (Å²) in [4.78, 5) is 0. The molecule has 2 aromatic rings. The van der Waals surface area contributed by atoms with Crippen molar-refractivity contribution >= 4 is 27.3 Å². The molecule has 0 saturated carbocycles. The average molecular weight is 475 g/mol. The first-order valence-electron chi connectivity index (χ1n) is 12.0. The molecule has 0 atom stereocenters. The lowest BCUT2D eigenvalue weighted by atomic mass is 10.1. The van der Waals surface area contributed by atoms with Crippen LogP contribution in [0.3, 0.4) is 0 Å². The fourth-order valence-corrected chi connectivity index (χ4v) is 11.0. The van der Waals surface area contributed by atoms with Crippen LogP contribution in [0.5, 0.6) is 0 Å². The molecule has 0 aliphatic rings. The van der Waals surface area contributed by atoms with E-state index in [1.54, 1.807) is 0 Å². The summed E-state index contributed by atoms with van der Waals surface area (Å²) in [5.41, 5.74) is 8.33. The predicted octanol–water partition coefficient (Wildman–Crippen LogP) is 6.41. The van der Waals surface area contributed by atoms with E-state index in [1.165, 1.54) is 44.0 Å². The van der Waals surface area contributed by atoms with Gasteiger partial charge in [-0.1, -0.05) is 35.4 Å². The van der Waals surface area contributed by atoms with Crippen molar-refractivity contribution in [3.63, 3.8) is 0 Å². The summed E-state index contributed by atoms with van der Waals surface area (Å²) in [7, 11) is -3.11. The number of aryl methyl sites for hydroxylation is 6. The molecular weight excluding hydrogens is 431 g/mol. The number of hydrogen-bond acceptors (Lipinski definition) is 3. The molecule has 0 saturated heterocycles. The van der Waals surface area contributed by atoms with E-state index < -0.39 is 16.7 Å². The topological polar surface area (TPSA) is 27.7 Å². The van der Waals surface area contributed by atoms with Gasteiger partial charge in [0.25, 0.3) is 0 Å². The molecule has 0 unspecified atom stereocenters. The third-order valence-corrected chi connectivity index (χ3v) is 12.2. The zero-order valence-electron chi connectivity index (χ0n) is 21.7. The third-order valence-electron chi connectivity index (χ3n) is 5.77. The van der Waals surface area contributed by atoms with Crippen LogP contribution in [0.2, 0.25) is 6.04 Å². The zero-order valence-corrected chi connectivity index (χ0v) is 23.6. The van der Waals surface area contributed by atoms with Gasteiger partial charge in [-0.3, -0.25) is 0 Å². The minimum absolute atomic E-state index is 0.484. The SMILES string of the molecule is CCO[Si](CCCP(c1c(C)cc(C)cc1C)c1c(C)cc(C)cc1C)(OCC)OCC. The van der Waals surface area contributed by atoms with E-state index in [1.807, 2.05) is 20.8 Å². The number of benzene rings is 2. The largest absolute Gasteiger partial charge is 0.500 e. The van der Waals surface area contributed by atoms with Crippen LogP contribution in [0, 0.1) is 41.5 Å². The van der Waals surface area contributed by atoms with Crippen LogP contribution in [0.1, 0.15) is 60.6 Å². The van der Waals surface area contributed by atoms with Crippen molar-refractivity contribution in [3.8, 4) is 0 Å². The van der Waals surface area contributed by atoms with E-state index in [9.17, 15) is 0 Å². The van der Waals surface area contributed by atoms with Gasteiger partial charge in [-0.2, -0.15) is 0 Å². The van der Waals surface area contributed by atoms with Crippen molar-refractivity contribution in [2.45, 2.75) is 74.8 Å². The average Bonchev–Trinajstić information content (AvgIpc) is 2.66. The number of hydrogen-bond donors (Lipinski definition) is 0. The molecule has 32 heavy (non-hydrogen) atoms. The Hall–Kier alpha value is -1.03. The van der Waals surface area contributed by atoms with E-state index in [-0.39, 0.29) is 0 Å². The molecule has 2 rings (SSSR count). The van der Waals surface area contributed by atoms with Gasteiger partial charge in [-0.05, 0) is 116 Å². The summed E-state index contributed by atoms with van der Waals surface area (Å²) >= 11 is 0. The van der Waals surface area contributed by atoms with E-state index in [0.29, 0.717) is 19.8 Å². The molecule has 0 aliphatic heterocycles. The fraction of sp³-hybridized carbons (Fsp3) is 0.556. The van der Waals surface area contributed by atoms with Crippen molar-refractivity contribution in [2.24, 2.45) is 0 Å². The van der Waals surface area contributed by atoms with Crippen molar-refractivity contribution in [3.05, 3.63) is 57.6 Å². The zero-order chi connectivity index (χ0) is 23.9. The molecule has 0 bridgehead atoms. The van der Waals surface area contributed by atoms with Crippen molar-refractivity contribution in [2.75, 3.05) is 26.0 Å². The Morgan fingerprint density at radius 2 is 0.969 bits per heavy atom. The first-order chi connectivity index (χ1) is 15.2. The van der Waals surface area contributed by atoms with Gasteiger partial charge >= 0.3 is 8.80 Å². The molecule has 178 valence electrons. The highest BCUT2D eigenvalue weighted by molar-refractivity contribution is 7.73. The van der Waals surface area contributed by atoms with Crippen molar-refractivity contribution in [1.29, 1.82) is 0 Å². The summed E-state index contributed by atoms with van der Waals surface area (Å²) in [6.07, 6.45) is 2.16.